The summed E-state index contributed by atoms with van der Waals surface area (Å²) < 4.78 is 2.50. The summed E-state index contributed by atoms with van der Waals surface area (Å²) in [6, 6.07) is 11.2. The molecule has 3 heterocycles. The van der Waals surface area contributed by atoms with Crippen molar-refractivity contribution in [3.05, 3.63) is 80.4 Å². The number of nitrogens with zero attached hydrogens (tertiary/aromatic N) is 2. The summed E-state index contributed by atoms with van der Waals surface area (Å²) >= 11 is 3.36. The smallest absolute Gasteiger partial charge is 0.260 e. The third-order valence-electron chi connectivity index (χ3n) is 3.36. The number of halogens is 1. The summed E-state index contributed by atoms with van der Waals surface area (Å²) in [4.78, 5) is 16.6. The molecule has 3 rings (SSSR count). The van der Waals surface area contributed by atoms with Crippen molar-refractivity contribution in [1.82, 2.24) is 9.38 Å². The average Bonchev–Trinajstić information content (AvgIpc) is 2.52. The van der Waals surface area contributed by atoms with Gasteiger partial charge in [0.15, 0.2) is 0 Å². The zero-order valence-electron chi connectivity index (χ0n) is 11.2. The third-order valence-corrected chi connectivity index (χ3v) is 3.83. The van der Waals surface area contributed by atoms with Crippen LogP contribution in [0.5, 0.6) is 0 Å². The molecule has 3 aromatic rings. The van der Waals surface area contributed by atoms with E-state index in [0.29, 0.717) is 12.0 Å². The second-order valence-corrected chi connectivity index (χ2v) is 5.67. The molecule has 4 nitrogen and oxygen atoms in total. The van der Waals surface area contributed by atoms with E-state index in [-0.39, 0.29) is 12.2 Å². The SMILES string of the molecule is O=c1c(CO)cc(Cc2ccc(Br)cn2)c2ccccn12. The second-order valence-electron chi connectivity index (χ2n) is 4.76. The summed E-state index contributed by atoms with van der Waals surface area (Å²) in [5.41, 5.74) is 2.93. The standard InChI is InChI=1S/C16H13BrN2O2/c17-13-4-5-14(18-9-13)8-11-7-12(10-20)16(21)19-6-2-1-3-15(11)19/h1-7,9,20H,8,10H2. The first-order valence-electron chi connectivity index (χ1n) is 6.52. The molecule has 1 N–H and O–H groups in total. The molecule has 0 aliphatic heterocycles. The Morgan fingerprint density at radius 3 is 2.76 bits per heavy atom. The van der Waals surface area contributed by atoms with E-state index in [1.54, 1.807) is 28.9 Å². The molecule has 106 valence electrons. The molecule has 0 bridgehead atoms. The summed E-state index contributed by atoms with van der Waals surface area (Å²) in [7, 11) is 0. The molecule has 0 saturated heterocycles. The molecule has 0 radical (unpaired) electrons. The fraction of sp³-hybridized carbons (Fsp3) is 0.125. The summed E-state index contributed by atoms with van der Waals surface area (Å²) in [6.07, 6.45) is 4.07. The van der Waals surface area contributed by atoms with Crippen LogP contribution in [0.25, 0.3) is 5.52 Å². The van der Waals surface area contributed by atoms with Crippen molar-refractivity contribution in [2.45, 2.75) is 13.0 Å². The van der Waals surface area contributed by atoms with Gasteiger partial charge in [0, 0.05) is 34.5 Å². The molecule has 0 atom stereocenters. The number of pyridine rings is 3. The van der Waals surface area contributed by atoms with Crippen LogP contribution >= 0.6 is 15.9 Å². The lowest BCUT2D eigenvalue weighted by atomic mass is 10.1. The van der Waals surface area contributed by atoms with Gasteiger partial charge in [-0.15, -0.1) is 0 Å². The van der Waals surface area contributed by atoms with Gasteiger partial charge in [-0.05, 0) is 51.8 Å². The van der Waals surface area contributed by atoms with E-state index in [0.717, 1.165) is 21.2 Å². The minimum Gasteiger partial charge on any atom is -0.391 e. The summed E-state index contributed by atoms with van der Waals surface area (Å²) in [6.45, 7) is -0.266. The van der Waals surface area contributed by atoms with E-state index in [1.165, 1.54) is 0 Å². The number of rotatable bonds is 3. The lowest BCUT2D eigenvalue weighted by Crippen LogP contribution is -2.19. The fourth-order valence-corrected chi connectivity index (χ4v) is 2.58. The minimum atomic E-state index is -0.266. The molecule has 21 heavy (non-hydrogen) atoms. The minimum absolute atomic E-state index is 0.180. The highest BCUT2D eigenvalue weighted by Gasteiger charge is 2.09. The third kappa shape index (κ3) is 2.75. The Hall–Kier alpha value is -1.98. The molecular weight excluding hydrogens is 332 g/mol. The van der Waals surface area contributed by atoms with Gasteiger partial charge >= 0.3 is 0 Å². The predicted molar refractivity (Wildman–Crippen MR) is 84.3 cm³/mol. The molecular formula is C16H13BrN2O2. The van der Waals surface area contributed by atoms with Crippen LogP contribution in [0.3, 0.4) is 0 Å². The molecule has 0 amide bonds. The van der Waals surface area contributed by atoms with Gasteiger partial charge in [0.2, 0.25) is 0 Å². The van der Waals surface area contributed by atoms with Crippen LogP contribution in [-0.4, -0.2) is 14.5 Å². The van der Waals surface area contributed by atoms with Gasteiger partial charge in [-0.1, -0.05) is 6.07 Å². The molecule has 5 heteroatoms. The molecule has 0 aliphatic carbocycles. The lowest BCUT2D eigenvalue weighted by Gasteiger charge is -2.10. The Labute approximate surface area is 129 Å². The molecule has 0 fully saturated rings. The van der Waals surface area contributed by atoms with Crippen LogP contribution in [0.15, 0.2) is 58.1 Å². The number of hydrogen-bond acceptors (Lipinski definition) is 3. The van der Waals surface area contributed by atoms with Crippen LogP contribution in [0.1, 0.15) is 16.8 Å². The van der Waals surface area contributed by atoms with Gasteiger partial charge < -0.3 is 5.11 Å². The largest absolute Gasteiger partial charge is 0.391 e. The molecule has 0 spiro atoms. The maximum absolute atomic E-state index is 12.2. The number of hydrogen-bond donors (Lipinski definition) is 1. The van der Waals surface area contributed by atoms with Crippen LogP contribution in [0.2, 0.25) is 0 Å². The van der Waals surface area contributed by atoms with Gasteiger partial charge in [0.05, 0.1) is 12.1 Å². The first-order chi connectivity index (χ1) is 10.2. The van der Waals surface area contributed by atoms with Crippen molar-refractivity contribution < 1.29 is 5.11 Å². The molecule has 0 saturated carbocycles. The highest BCUT2D eigenvalue weighted by molar-refractivity contribution is 9.10. The number of aliphatic hydroxyl groups excluding tert-OH is 1. The van der Waals surface area contributed by atoms with E-state index in [1.807, 2.05) is 24.3 Å². The fourth-order valence-electron chi connectivity index (χ4n) is 2.34. The Balaban J connectivity index is 2.15. The van der Waals surface area contributed by atoms with Gasteiger partial charge in [0.1, 0.15) is 0 Å². The Kier molecular flexibility index (Phi) is 3.86. The molecule has 0 aromatic carbocycles. The lowest BCUT2D eigenvalue weighted by molar-refractivity contribution is 0.280. The highest BCUT2D eigenvalue weighted by atomic mass is 79.9. The monoisotopic (exact) mass is 344 g/mol. The molecule has 0 aliphatic rings. The van der Waals surface area contributed by atoms with Crippen molar-refractivity contribution in [3.8, 4) is 0 Å². The van der Waals surface area contributed by atoms with E-state index < -0.39 is 0 Å². The molecule has 0 unspecified atom stereocenters. The maximum Gasteiger partial charge on any atom is 0.260 e. The predicted octanol–water partition coefficient (Wildman–Crippen LogP) is 2.54. The van der Waals surface area contributed by atoms with E-state index in [9.17, 15) is 9.90 Å². The Morgan fingerprint density at radius 1 is 1.19 bits per heavy atom. The number of aromatic nitrogens is 2. The quantitative estimate of drug-likeness (QED) is 0.794. The first kappa shape index (κ1) is 14.0. The Bertz CT molecular complexity index is 841. The van der Waals surface area contributed by atoms with Crippen LogP contribution in [0, 0.1) is 0 Å². The Morgan fingerprint density at radius 2 is 2.05 bits per heavy atom. The first-order valence-corrected chi connectivity index (χ1v) is 7.32. The zero-order chi connectivity index (χ0) is 14.8. The van der Waals surface area contributed by atoms with Gasteiger partial charge in [-0.3, -0.25) is 14.2 Å². The van der Waals surface area contributed by atoms with E-state index >= 15 is 0 Å². The van der Waals surface area contributed by atoms with Crippen molar-refractivity contribution >= 4 is 21.4 Å². The maximum atomic E-state index is 12.2. The normalized spacial score (nSPS) is 11.0. The van der Waals surface area contributed by atoms with Gasteiger partial charge in [0.25, 0.3) is 5.56 Å². The van der Waals surface area contributed by atoms with Crippen LogP contribution in [-0.2, 0) is 13.0 Å². The van der Waals surface area contributed by atoms with Crippen molar-refractivity contribution in [2.24, 2.45) is 0 Å². The van der Waals surface area contributed by atoms with Gasteiger partial charge in [-0.2, -0.15) is 0 Å². The average molecular weight is 345 g/mol. The van der Waals surface area contributed by atoms with E-state index in [4.69, 9.17) is 0 Å². The molecule has 3 aromatic heterocycles. The van der Waals surface area contributed by atoms with Crippen LogP contribution in [0.4, 0.5) is 0 Å². The van der Waals surface area contributed by atoms with Crippen molar-refractivity contribution in [1.29, 1.82) is 0 Å². The van der Waals surface area contributed by atoms with Crippen molar-refractivity contribution in [2.75, 3.05) is 0 Å². The number of fused-ring (bicyclic) bond motifs is 1. The zero-order valence-corrected chi connectivity index (χ0v) is 12.7. The van der Waals surface area contributed by atoms with Gasteiger partial charge in [-0.25, -0.2) is 0 Å². The summed E-state index contributed by atoms with van der Waals surface area (Å²) in [5.74, 6) is 0. The topological polar surface area (TPSA) is 54.6 Å². The number of aliphatic hydroxyl groups is 1. The van der Waals surface area contributed by atoms with Crippen molar-refractivity contribution in [3.63, 3.8) is 0 Å². The van der Waals surface area contributed by atoms with E-state index in [2.05, 4.69) is 20.9 Å². The second kappa shape index (κ2) is 5.79. The highest BCUT2D eigenvalue weighted by Crippen LogP contribution is 2.16. The summed E-state index contributed by atoms with van der Waals surface area (Å²) in [5, 5.41) is 9.37. The van der Waals surface area contributed by atoms with Crippen LogP contribution < -0.4 is 5.56 Å².